The summed E-state index contributed by atoms with van der Waals surface area (Å²) >= 11 is 0. The van der Waals surface area contributed by atoms with Crippen molar-refractivity contribution in [2.45, 2.75) is 26.7 Å². The average Bonchev–Trinajstić information content (AvgIpc) is 2.73. The van der Waals surface area contributed by atoms with Crippen LogP contribution in [-0.4, -0.2) is 16.1 Å². The van der Waals surface area contributed by atoms with Gasteiger partial charge in [-0.15, -0.1) is 0 Å². The summed E-state index contributed by atoms with van der Waals surface area (Å²) in [6.07, 6.45) is 2.20. The molecule has 3 aromatic carbocycles. The minimum Gasteiger partial charge on any atom is -0.478 e. The second kappa shape index (κ2) is 7.88. The zero-order valence-corrected chi connectivity index (χ0v) is 16.6. The van der Waals surface area contributed by atoms with Gasteiger partial charge >= 0.3 is 5.97 Å². The van der Waals surface area contributed by atoms with Crippen LogP contribution >= 0.6 is 0 Å². The Hall–Kier alpha value is -3.46. The minimum atomic E-state index is -0.936. The Balaban J connectivity index is 1.74. The number of aromatic nitrogens is 1. The van der Waals surface area contributed by atoms with Crippen LogP contribution in [0.25, 0.3) is 33.3 Å². The van der Waals surface area contributed by atoms with E-state index in [4.69, 9.17) is 4.98 Å². The van der Waals surface area contributed by atoms with Crippen LogP contribution in [0.15, 0.2) is 72.8 Å². The van der Waals surface area contributed by atoms with E-state index in [-0.39, 0.29) is 5.56 Å². The van der Waals surface area contributed by atoms with Crippen molar-refractivity contribution in [2.24, 2.45) is 0 Å². The number of benzene rings is 3. The molecule has 0 unspecified atom stereocenters. The van der Waals surface area contributed by atoms with Crippen LogP contribution in [0, 0.1) is 6.92 Å². The van der Waals surface area contributed by atoms with E-state index >= 15 is 0 Å². The molecule has 0 radical (unpaired) electrons. The number of nitrogens with zero attached hydrogens (tertiary/aromatic N) is 1. The SMILES string of the molecule is CCCc1cccc(-c2ccc(-c3cc(C(=O)O)c4cc(C)ccc4n3)cc2)c1. The number of hydrogen-bond donors (Lipinski definition) is 1. The average molecular weight is 381 g/mol. The number of aryl methyl sites for hydroxylation is 2. The smallest absolute Gasteiger partial charge is 0.336 e. The highest BCUT2D eigenvalue weighted by atomic mass is 16.4. The van der Waals surface area contributed by atoms with Gasteiger partial charge in [-0.25, -0.2) is 9.78 Å². The molecular weight excluding hydrogens is 358 g/mol. The van der Waals surface area contributed by atoms with Gasteiger partial charge in [0.25, 0.3) is 0 Å². The van der Waals surface area contributed by atoms with Crippen molar-refractivity contribution in [3.8, 4) is 22.4 Å². The van der Waals surface area contributed by atoms with Gasteiger partial charge in [0.15, 0.2) is 0 Å². The van der Waals surface area contributed by atoms with Gasteiger partial charge in [0, 0.05) is 10.9 Å². The molecule has 4 rings (SSSR count). The van der Waals surface area contributed by atoms with Crippen LogP contribution in [-0.2, 0) is 6.42 Å². The van der Waals surface area contributed by atoms with Gasteiger partial charge in [-0.2, -0.15) is 0 Å². The second-order valence-corrected chi connectivity index (χ2v) is 7.41. The second-order valence-electron chi connectivity index (χ2n) is 7.41. The van der Waals surface area contributed by atoms with Crippen LogP contribution in [0.1, 0.15) is 34.8 Å². The number of rotatable bonds is 5. The molecule has 0 spiro atoms. The van der Waals surface area contributed by atoms with Gasteiger partial charge in [-0.1, -0.05) is 73.5 Å². The highest BCUT2D eigenvalue weighted by molar-refractivity contribution is 6.04. The number of fused-ring (bicyclic) bond motifs is 1. The van der Waals surface area contributed by atoms with E-state index in [1.165, 1.54) is 11.1 Å². The fourth-order valence-corrected chi connectivity index (χ4v) is 3.69. The molecule has 1 aromatic heterocycles. The quantitative estimate of drug-likeness (QED) is 0.428. The van der Waals surface area contributed by atoms with E-state index < -0.39 is 5.97 Å². The van der Waals surface area contributed by atoms with Crippen molar-refractivity contribution >= 4 is 16.9 Å². The fraction of sp³-hybridized carbons (Fsp3) is 0.154. The molecule has 3 nitrogen and oxygen atoms in total. The number of carbonyl (C=O) groups is 1. The van der Waals surface area contributed by atoms with Gasteiger partial charge in [-0.3, -0.25) is 0 Å². The molecule has 4 aromatic rings. The summed E-state index contributed by atoms with van der Waals surface area (Å²) in [6.45, 7) is 4.14. The Morgan fingerprint density at radius 2 is 1.66 bits per heavy atom. The van der Waals surface area contributed by atoms with E-state index in [2.05, 4.69) is 43.3 Å². The lowest BCUT2D eigenvalue weighted by molar-refractivity contribution is 0.0699. The Labute approximate surface area is 170 Å². The zero-order valence-electron chi connectivity index (χ0n) is 16.6. The standard InChI is InChI=1S/C26H23NO2/c1-3-5-18-6-4-7-21(15-18)19-9-11-20(12-10-19)25-16-23(26(28)29)22-14-17(2)8-13-24(22)27-25/h4,6-16H,3,5H2,1-2H3,(H,28,29). The van der Waals surface area contributed by atoms with E-state index in [9.17, 15) is 9.90 Å². The van der Waals surface area contributed by atoms with E-state index in [1.807, 2.05) is 37.3 Å². The molecule has 0 atom stereocenters. The molecule has 1 N–H and O–H groups in total. The Morgan fingerprint density at radius 1 is 0.897 bits per heavy atom. The Kier molecular flexibility index (Phi) is 5.13. The first kappa shape index (κ1) is 18.9. The summed E-state index contributed by atoms with van der Waals surface area (Å²) in [6, 6.07) is 24.2. The van der Waals surface area contributed by atoms with Crippen molar-refractivity contribution in [2.75, 3.05) is 0 Å². The largest absolute Gasteiger partial charge is 0.478 e. The molecule has 0 bridgehead atoms. The summed E-state index contributed by atoms with van der Waals surface area (Å²) in [7, 11) is 0. The van der Waals surface area contributed by atoms with Crippen molar-refractivity contribution in [3.63, 3.8) is 0 Å². The molecular formula is C26H23NO2. The third-order valence-corrected chi connectivity index (χ3v) is 5.17. The van der Waals surface area contributed by atoms with Gasteiger partial charge in [0.2, 0.25) is 0 Å². The maximum absolute atomic E-state index is 11.8. The van der Waals surface area contributed by atoms with E-state index in [1.54, 1.807) is 6.07 Å². The number of aromatic carboxylic acids is 1. The third-order valence-electron chi connectivity index (χ3n) is 5.17. The maximum Gasteiger partial charge on any atom is 0.336 e. The monoisotopic (exact) mass is 381 g/mol. The normalized spacial score (nSPS) is 11.0. The van der Waals surface area contributed by atoms with Crippen molar-refractivity contribution in [1.82, 2.24) is 4.98 Å². The number of pyridine rings is 1. The van der Waals surface area contributed by atoms with Crippen molar-refractivity contribution in [3.05, 3.63) is 89.5 Å². The summed E-state index contributed by atoms with van der Waals surface area (Å²) in [5.74, 6) is -0.936. The fourth-order valence-electron chi connectivity index (χ4n) is 3.69. The maximum atomic E-state index is 11.8. The predicted octanol–water partition coefficient (Wildman–Crippen LogP) is 6.53. The van der Waals surface area contributed by atoms with Crippen LogP contribution in [0.5, 0.6) is 0 Å². The molecule has 0 aliphatic rings. The molecule has 0 fully saturated rings. The van der Waals surface area contributed by atoms with Gasteiger partial charge in [-0.05, 0) is 48.2 Å². The molecule has 144 valence electrons. The highest BCUT2D eigenvalue weighted by Gasteiger charge is 2.13. The first-order valence-corrected chi connectivity index (χ1v) is 9.89. The van der Waals surface area contributed by atoms with Crippen LogP contribution < -0.4 is 0 Å². The van der Waals surface area contributed by atoms with E-state index in [0.717, 1.165) is 29.5 Å². The first-order chi connectivity index (χ1) is 14.0. The van der Waals surface area contributed by atoms with Gasteiger partial charge in [0.1, 0.15) is 0 Å². The number of carboxylic acids is 1. The topological polar surface area (TPSA) is 50.2 Å². The summed E-state index contributed by atoms with van der Waals surface area (Å²) in [5, 5.41) is 10.4. The molecule has 3 heteroatoms. The summed E-state index contributed by atoms with van der Waals surface area (Å²) < 4.78 is 0. The zero-order chi connectivity index (χ0) is 20.4. The van der Waals surface area contributed by atoms with Crippen molar-refractivity contribution in [1.29, 1.82) is 0 Å². The van der Waals surface area contributed by atoms with Crippen LogP contribution in [0.3, 0.4) is 0 Å². The first-order valence-electron chi connectivity index (χ1n) is 9.89. The lowest BCUT2D eigenvalue weighted by Crippen LogP contribution is -2.00. The van der Waals surface area contributed by atoms with Gasteiger partial charge < -0.3 is 5.11 Å². The minimum absolute atomic E-state index is 0.282. The number of hydrogen-bond acceptors (Lipinski definition) is 2. The lowest BCUT2D eigenvalue weighted by atomic mass is 9.98. The van der Waals surface area contributed by atoms with Crippen molar-refractivity contribution < 1.29 is 9.90 Å². The van der Waals surface area contributed by atoms with Gasteiger partial charge in [0.05, 0.1) is 16.8 Å². The summed E-state index contributed by atoms with van der Waals surface area (Å²) in [5.41, 5.74) is 7.24. The molecule has 0 aliphatic heterocycles. The lowest BCUT2D eigenvalue weighted by Gasteiger charge is -2.09. The predicted molar refractivity (Wildman–Crippen MR) is 118 cm³/mol. The summed E-state index contributed by atoms with van der Waals surface area (Å²) in [4.78, 5) is 16.5. The Bertz CT molecular complexity index is 1190. The van der Waals surface area contributed by atoms with E-state index in [0.29, 0.717) is 16.6 Å². The van der Waals surface area contributed by atoms with Crippen LogP contribution in [0.2, 0.25) is 0 Å². The molecule has 0 saturated carbocycles. The molecule has 0 amide bonds. The molecule has 29 heavy (non-hydrogen) atoms. The molecule has 1 heterocycles. The Morgan fingerprint density at radius 3 is 2.38 bits per heavy atom. The molecule has 0 aliphatic carbocycles. The highest BCUT2D eigenvalue weighted by Crippen LogP contribution is 2.28. The van der Waals surface area contributed by atoms with Crippen LogP contribution in [0.4, 0.5) is 0 Å². The third kappa shape index (κ3) is 3.90. The number of carboxylic acid groups (broad SMARTS) is 1. The molecule has 0 saturated heterocycles.